The van der Waals surface area contributed by atoms with E-state index in [0.717, 1.165) is 60.8 Å². The Balaban J connectivity index is -0.0000000876. The Labute approximate surface area is 463 Å². The van der Waals surface area contributed by atoms with Gasteiger partial charge < -0.3 is 0 Å². The molecule has 3 atom stereocenters. The van der Waals surface area contributed by atoms with Crippen molar-refractivity contribution < 1.29 is 120 Å². The Hall–Kier alpha value is -1.89. The third kappa shape index (κ3) is 87.4. The number of rotatable bonds is 13. The highest BCUT2D eigenvalue weighted by Gasteiger charge is 2.55. The van der Waals surface area contributed by atoms with Gasteiger partial charge in [0.25, 0.3) is 0 Å². The van der Waals surface area contributed by atoms with Crippen molar-refractivity contribution in [2.45, 2.75) is 297 Å². The molecule has 0 bridgehead atoms. The quantitative estimate of drug-likeness (QED) is 0.127. The molecule has 27 heteroatoms. The molecule has 0 rings (SSSR count). The van der Waals surface area contributed by atoms with Crippen LogP contribution in [0.1, 0.15) is 243 Å². The second-order valence-electron chi connectivity index (χ2n) is 21.3. The van der Waals surface area contributed by atoms with Crippen molar-refractivity contribution in [3.8, 4) is 0 Å². The van der Waals surface area contributed by atoms with Gasteiger partial charge in [0.15, 0.2) is 5.92 Å². The molecule has 0 saturated carbocycles. The molecule has 0 N–H and O–H groups in total. The Kier molecular flexibility index (Phi) is 57.6. The van der Waals surface area contributed by atoms with Gasteiger partial charge in [-0.1, -0.05) is 197 Å². The lowest BCUT2D eigenvalue weighted by Gasteiger charge is -2.21. The average molecular weight is 1250 g/mol. The normalized spacial score (nSPS) is 14.0. The van der Waals surface area contributed by atoms with Crippen molar-refractivity contribution in [3.63, 3.8) is 0 Å². The highest BCUT2D eigenvalue weighted by molar-refractivity contribution is 4.75. The number of halogens is 27. The van der Waals surface area contributed by atoms with Crippen LogP contribution in [0, 0.1) is 46.3 Å². The summed E-state index contributed by atoms with van der Waals surface area (Å²) in [6.07, 6.45) is -35.2. The summed E-state index contributed by atoms with van der Waals surface area (Å²) in [5.74, 6) is -6.71. The molecule has 0 aromatic heterocycles. The number of alkyl halides is 27. The minimum Gasteiger partial charge on any atom is -0.171 e. The summed E-state index contributed by atoms with van der Waals surface area (Å²) in [4.78, 5) is 0. The van der Waals surface area contributed by atoms with Crippen LogP contribution in [-0.4, -0.2) is 55.6 Å². The standard InChI is InChI=1S/2C6H8F6.2C6H11F3.3C5H9F3.2C5H12.C4H10/c1-4(6(10,11)12)2-3-5(7,8)9;1-2-3-4(5(7,8)9)6(10,11)12;1-3-4-5(2)6(7,8)9;1-2-3-4-5-6(7,8)9;2*1-4(2,3)5(6,7)8;1-3-4(2)5(6,7)8;1-4-5(2)3;1-3-5-4-2;1-4(2)3/h2*4H,2-3H2,1H3;5H,3-4H2,1-2H3;2-5H2,1H3;2*1-3H3;4H,3H2,1-2H3;5H,4H2,1-3H3;3-5H2,1-2H3;4H,1-3H3/t4-;;5-;;;;;;;/m0.0......./s1/i;;;;;;;;;4D. The van der Waals surface area contributed by atoms with E-state index in [-0.39, 0.29) is 31.6 Å². The van der Waals surface area contributed by atoms with Gasteiger partial charge in [0.2, 0.25) is 0 Å². The number of hydrogen-bond acceptors (Lipinski definition) is 0. The third-order valence-electron chi connectivity index (χ3n) is 9.53. The molecule has 0 aliphatic rings. The van der Waals surface area contributed by atoms with Crippen LogP contribution in [0.4, 0.5) is 119 Å². The molecule has 0 aromatic carbocycles. The van der Waals surface area contributed by atoms with Crippen LogP contribution in [0.5, 0.6) is 0 Å². The van der Waals surface area contributed by atoms with Crippen LogP contribution in [0.3, 0.4) is 0 Å². The molecule has 80 heavy (non-hydrogen) atoms. The van der Waals surface area contributed by atoms with Crippen molar-refractivity contribution in [2.75, 3.05) is 0 Å². The minimum atomic E-state index is -5.17. The molecule has 1 unspecified atom stereocenters. The van der Waals surface area contributed by atoms with Gasteiger partial charge in [-0.3, -0.25) is 0 Å². The van der Waals surface area contributed by atoms with E-state index in [2.05, 4.69) is 34.6 Å². The zero-order valence-corrected chi connectivity index (χ0v) is 50.7. The van der Waals surface area contributed by atoms with Gasteiger partial charge in [-0.15, -0.1) is 0 Å². The third-order valence-corrected chi connectivity index (χ3v) is 9.53. The molecular formula is C53H99F27. The van der Waals surface area contributed by atoms with Crippen LogP contribution in [0.2, 0.25) is 0 Å². The lowest BCUT2D eigenvalue weighted by atomic mass is 9.96. The first-order valence-electron chi connectivity index (χ1n) is 26.6. The Morgan fingerprint density at radius 1 is 0.300 bits per heavy atom. The molecule has 0 radical (unpaired) electrons. The van der Waals surface area contributed by atoms with Crippen LogP contribution in [-0.2, 0) is 0 Å². The maximum atomic E-state index is 11.7. The zero-order valence-electron chi connectivity index (χ0n) is 51.7. The Morgan fingerprint density at radius 3 is 0.637 bits per heavy atom. The van der Waals surface area contributed by atoms with Crippen LogP contribution in [0.15, 0.2) is 0 Å². The van der Waals surface area contributed by atoms with Gasteiger partial charge in [-0.2, -0.15) is 119 Å². The van der Waals surface area contributed by atoms with E-state index in [1.807, 2.05) is 27.7 Å². The maximum Gasteiger partial charge on any atom is 0.400 e. The van der Waals surface area contributed by atoms with E-state index in [1.165, 1.54) is 53.4 Å². The molecule has 0 aliphatic heterocycles. The summed E-state index contributed by atoms with van der Waals surface area (Å²) >= 11 is 0. The summed E-state index contributed by atoms with van der Waals surface area (Å²) in [6.45, 7) is 33.1. The Morgan fingerprint density at radius 2 is 0.537 bits per heavy atom. The predicted octanol–water partition coefficient (Wildman–Crippen LogP) is 26.9. The first-order valence-corrected chi connectivity index (χ1v) is 26.1. The maximum absolute atomic E-state index is 11.7. The molecule has 0 aliphatic carbocycles. The van der Waals surface area contributed by atoms with E-state index in [0.29, 0.717) is 12.8 Å². The van der Waals surface area contributed by atoms with Gasteiger partial charge in [-0.05, 0) is 43.9 Å². The number of hydrogen-bond donors (Lipinski definition) is 0. The van der Waals surface area contributed by atoms with Gasteiger partial charge >= 0.3 is 55.6 Å². The molecule has 0 fully saturated rings. The fourth-order valence-corrected chi connectivity index (χ4v) is 3.10. The van der Waals surface area contributed by atoms with Crippen LogP contribution < -0.4 is 0 Å². The van der Waals surface area contributed by atoms with E-state index in [4.69, 9.17) is 1.37 Å². The molecular weight excluding hydrogens is 1150 g/mol. The van der Waals surface area contributed by atoms with Crippen molar-refractivity contribution in [1.82, 2.24) is 0 Å². The smallest absolute Gasteiger partial charge is 0.171 e. The molecule has 0 nitrogen and oxygen atoms in total. The van der Waals surface area contributed by atoms with Crippen molar-refractivity contribution in [3.05, 3.63) is 0 Å². The Bertz CT molecular complexity index is 1260. The van der Waals surface area contributed by atoms with E-state index >= 15 is 0 Å². The molecule has 0 spiro atoms. The second kappa shape index (κ2) is 47.4. The summed E-state index contributed by atoms with van der Waals surface area (Å²) in [5.41, 5.74) is -3.12. The lowest BCUT2D eigenvalue weighted by molar-refractivity contribution is -0.285. The second-order valence-corrected chi connectivity index (χ2v) is 21.3. The van der Waals surface area contributed by atoms with Crippen LogP contribution in [0.25, 0.3) is 0 Å². The highest BCUT2D eigenvalue weighted by Crippen LogP contribution is 2.42. The zero-order chi connectivity index (χ0) is 68.5. The van der Waals surface area contributed by atoms with E-state index < -0.39 is 116 Å². The predicted molar refractivity (Wildman–Crippen MR) is 269 cm³/mol. The summed E-state index contributed by atoms with van der Waals surface area (Å²) in [6, 6.07) is 0. The fraction of sp³-hybridized carbons (Fsp3) is 1.00. The van der Waals surface area contributed by atoms with Gasteiger partial charge in [0, 0.05) is 14.2 Å². The van der Waals surface area contributed by atoms with E-state index in [1.54, 1.807) is 6.92 Å². The molecule has 0 heterocycles. The van der Waals surface area contributed by atoms with Crippen molar-refractivity contribution >= 4 is 0 Å². The van der Waals surface area contributed by atoms with Gasteiger partial charge in [0.05, 0.1) is 28.6 Å². The highest BCUT2D eigenvalue weighted by atomic mass is 19.4. The van der Waals surface area contributed by atoms with Gasteiger partial charge in [-0.25, -0.2) is 0 Å². The summed E-state index contributed by atoms with van der Waals surface area (Å²) in [7, 11) is 0. The molecule has 0 amide bonds. The lowest BCUT2D eigenvalue weighted by Crippen LogP contribution is -2.36. The molecule has 0 saturated heterocycles. The first kappa shape index (κ1) is 97.2. The first-order chi connectivity index (χ1) is 35.0. The summed E-state index contributed by atoms with van der Waals surface area (Å²) < 4.78 is 319. The minimum absolute atomic E-state index is 0.135. The molecule has 0 aromatic rings. The number of unbranched alkanes of at least 4 members (excludes halogenated alkanes) is 4. The topological polar surface area (TPSA) is 0 Å². The SMILES string of the molecule is CC(C)(C)C(F)(F)F.CC(C)(C)C(F)(F)F.CCC(C)C.CCC(C)C(F)(F)F.CCCC(C(F)(F)F)C(F)(F)F.CCCCC.CCCCCC(F)(F)F.CCC[C@H](C)C(F)(F)F.C[C@@H](CCC(F)(F)F)C(F)(F)F.[2H]C(C)(C)C. The average Bonchev–Trinajstić information content (AvgIpc) is 3.19. The van der Waals surface area contributed by atoms with Crippen LogP contribution >= 0.6 is 0 Å². The van der Waals surface area contributed by atoms with E-state index in [9.17, 15) is 119 Å². The van der Waals surface area contributed by atoms with Crippen molar-refractivity contribution in [1.29, 1.82) is 0 Å². The van der Waals surface area contributed by atoms with Gasteiger partial charge in [0.1, 0.15) is 0 Å². The fourth-order valence-electron chi connectivity index (χ4n) is 3.10. The largest absolute Gasteiger partial charge is 0.400 e. The monoisotopic (exact) mass is 1250 g/mol. The summed E-state index contributed by atoms with van der Waals surface area (Å²) in [5, 5.41) is 0. The molecule has 500 valence electrons. The van der Waals surface area contributed by atoms with Crippen molar-refractivity contribution in [2.24, 2.45) is 46.3 Å².